The van der Waals surface area contributed by atoms with Gasteiger partial charge in [-0.15, -0.1) is 0 Å². The smallest absolute Gasteiger partial charge is 0.214 e. The average molecular weight is 308 g/mol. The minimum absolute atomic E-state index is 0.270. The first-order chi connectivity index (χ1) is 7.44. The van der Waals surface area contributed by atoms with Crippen molar-refractivity contribution >= 4 is 26.0 Å². The lowest BCUT2D eigenvalue weighted by Crippen LogP contribution is -2.30. The van der Waals surface area contributed by atoms with E-state index in [9.17, 15) is 8.42 Å². The highest BCUT2D eigenvalue weighted by atomic mass is 79.9. The molecule has 2 N–H and O–H groups in total. The number of halogens is 1. The van der Waals surface area contributed by atoms with Gasteiger partial charge in [-0.3, -0.25) is 0 Å². The van der Waals surface area contributed by atoms with Crippen molar-refractivity contribution in [2.45, 2.75) is 13.0 Å². The third-order valence-electron chi connectivity index (χ3n) is 2.09. The van der Waals surface area contributed by atoms with Gasteiger partial charge in [0.1, 0.15) is 0 Å². The normalized spacial score (nSPS) is 13.7. The molecule has 1 atom stereocenters. The Kier molecular flexibility index (Phi) is 4.91. The molecule has 6 heteroatoms. The van der Waals surface area contributed by atoms with Crippen LogP contribution in [0.4, 0.5) is 0 Å². The summed E-state index contributed by atoms with van der Waals surface area (Å²) in [6.45, 7) is 1.39. The molecule has 0 radical (unpaired) electrons. The molecule has 0 bridgehead atoms. The molecule has 4 nitrogen and oxygen atoms in total. The zero-order valence-corrected chi connectivity index (χ0v) is 11.3. The highest BCUT2D eigenvalue weighted by molar-refractivity contribution is 9.10. The second kappa shape index (κ2) is 5.77. The van der Waals surface area contributed by atoms with E-state index in [2.05, 4.69) is 20.7 Å². The van der Waals surface area contributed by atoms with Crippen LogP contribution in [0.2, 0.25) is 0 Å². The number of rotatable bonds is 5. The molecule has 1 unspecified atom stereocenters. The number of aliphatic hydroxyl groups excluding tert-OH is 1. The maximum atomic E-state index is 11.4. The molecule has 0 heterocycles. The average Bonchev–Trinajstić information content (AvgIpc) is 2.17. The van der Waals surface area contributed by atoms with Crippen LogP contribution < -0.4 is 4.72 Å². The summed E-state index contributed by atoms with van der Waals surface area (Å²) in [6.07, 6.45) is 0. The molecular formula is C10H14BrNO3S. The summed E-state index contributed by atoms with van der Waals surface area (Å²) in [5.74, 6) is -0.270. The van der Waals surface area contributed by atoms with Crippen molar-refractivity contribution in [2.75, 3.05) is 12.4 Å². The van der Waals surface area contributed by atoms with Crippen LogP contribution in [0.5, 0.6) is 0 Å². The summed E-state index contributed by atoms with van der Waals surface area (Å²) in [4.78, 5) is 0. The van der Waals surface area contributed by atoms with E-state index >= 15 is 0 Å². The Balaban J connectivity index is 2.72. The number of aliphatic hydroxyl groups is 1. The summed E-state index contributed by atoms with van der Waals surface area (Å²) >= 11 is 3.31. The van der Waals surface area contributed by atoms with E-state index < -0.39 is 10.0 Å². The molecule has 0 aliphatic rings. The Labute approximate surface area is 104 Å². The number of hydrogen-bond acceptors (Lipinski definition) is 3. The van der Waals surface area contributed by atoms with E-state index in [0.717, 1.165) is 10.0 Å². The van der Waals surface area contributed by atoms with Crippen LogP contribution in [0.25, 0.3) is 0 Å². The molecule has 1 aromatic carbocycles. The van der Waals surface area contributed by atoms with Gasteiger partial charge in [0.25, 0.3) is 0 Å². The van der Waals surface area contributed by atoms with Gasteiger partial charge in [-0.1, -0.05) is 28.1 Å². The van der Waals surface area contributed by atoms with Crippen LogP contribution in [0, 0.1) is 0 Å². The third-order valence-corrected chi connectivity index (χ3v) is 4.05. The third kappa shape index (κ3) is 4.21. The summed E-state index contributed by atoms with van der Waals surface area (Å²) in [7, 11) is -3.40. The van der Waals surface area contributed by atoms with E-state index in [4.69, 9.17) is 5.11 Å². The molecule has 0 amide bonds. The highest BCUT2D eigenvalue weighted by Crippen LogP contribution is 2.17. The van der Waals surface area contributed by atoms with Crippen molar-refractivity contribution in [3.8, 4) is 0 Å². The predicted octanol–water partition coefficient (Wildman–Crippen LogP) is 1.42. The molecule has 90 valence electrons. The Morgan fingerprint density at radius 3 is 2.44 bits per heavy atom. The molecule has 0 saturated heterocycles. The van der Waals surface area contributed by atoms with Gasteiger partial charge in [-0.25, -0.2) is 13.1 Å². The van der Waals surface area contributed by atoms with Crippen LogP contribution in [0.1, 0.15) is 18.5 Å². The number of benzene rings is 1. The fourth-order valence-corrected chi connectivity index (χ4v) is 2.57. The zero-order chi connectivity index (χ0) is 12.2. The topological polar surface area (TPSA) is 66.4 Å². The van der Waals surface area contributed by atoms with Crippen LogP contribution >= 0.6 is 15.9 Å². The first-order valence-electron chi connectivity index (χ1n) is 4.81. The van der Waals surface area contributed by atoms with Crippen LogP contribution in [0.15, 0.2) is 28.7 Å². The summed E-state index contributed by atoms with van der Waals surface area (Å²) in [5, 5.41) is 8.60. The maximum Gasteiger partial charge on any atom is 0.214 e. The Hall–Kier alpha value is -0.430. The van der Waals surface area contributed by atoms with Crippen molar-refractivity contribution in [1.29, 1.82) is 0 Å². The zero-order valence-electron chi connectivity index (χ0n) is 8.85. The summed E-state index contributed by atoms with van der Waals surface area (Å²) < 4.78 is 26.2. The molecule has 0 aliphatic carbocycles. The second-order valence-corrected chi connectivity index (χ2v) is 6.22. The van der Waals surface area contributed by atoms with Gasteiger partial charge >= 0.3 is 0 Å². The molecule has 1 aromatic rings. The van der Waals surface area contributed by atoms with Crippen molar-refractivity contribution in [1.82, 2.24) is 4.72 Å². The fourth-order valence-electron chi connectivity index (χ4n) is 1.27. The number of nitrogens with one attached hydrogen (secondary N) is 1. The summed E-state index contributed by atoms with van der Waals surface area (Å²) in [6, 6.07) is 7.09. The van der Waals surface area contributed by atoms with Crippen LogP contribution in [-0.4, -0.2) is 25.9 Å². The Morgan fingerprint density at radius 1 is 1.38 bits per heavy atom. The van der Waals surface area contributed by atoms with E-state index in [1.807, 2.05) is 24.3 Å². The first-order valence-corrected chi connectivity index (χ1v) is 7.25. The van der Waals surface area contributed by atoms with E-state index in [-0.39, 0.29) is 18.4 Å². The molecule has 1 rings (SSSR count). The van der Waals surface area contributed by atoms with Crippen molar-refractivity contribution in [3.05, 3.63) is 34.3 Å². The molecule has 0 fully saturated rings. The lowest BCUT2D eigenvalue weighted by Gasteiger charge is -2.14. The minimum atomic E-state index is -3.40. The SMILES string of the molecule is CC(NS(=O)(=O)CCO)c1ccc(Br)cc1. The van der Waals surface area contributed by atoms with Crippen LogP contribution in [-0.2, 0) is 10.0 Å². The first kappa shape index (κ1) is 13.6. The monoisotopic (exact) mass is 307 g/mol. The molecule has 0 aromatic heterocycles. The van der Waals surface area contributed by atoms with Gasteiger partial charge in [0.2, 0.25) is 10.0 Å². The number of sulfonamides is 1. The van der Waals surface area contributed by atoms with Gasteiger partial charge in [0.15, 0.2) is 0 Å². The molecule has 16 heavy (non-hydrogen) atoms. The van der Waals surface area contributed by atoms with E-state index in [1.54, 1.807) is 6.92 Å². The van der Waals surface area contributed by atoms with Gasteiger partial charge in [0.05, 0.1) is 12.4 Å². The second-order valence-electron chi connectivity index (χ2n) is 3.43. The van der Waals surface area contributed by atoms with Gasteiger partial charge in [0, 0.05) is 10.5 Å². The van der Waals surface area contributed by atoms with Crippen LogP contribution in [0.3, 0.4) is 0 Å². The summed E-state index contributed by atoms with van der Waals surface area (Å²) in [5.41, 5.74) is 0.879. The van der Waals surface area contributed by atoms with Gasteiger partial charge < -0.3 is 5.11 Å². The minimum Gasteiger partial charge on any atom is -0.395 e. The lowest BCUT2D eigenvalue weighted by molar-refractivity contribution is 0.319. The van der Waals surface area contributed by atoms with E-state index in [0.29, 0.717) is 0 Å². The molecule has 0 saturated carbocycles. The number of hydrogen-bond donors (Lipinski definition) is 2. The van der Waals surface area contributed by atoms with Crippen molar-refractivity contribution < 1.29 is 13.5 Å². The Morgan fingerprint density at radius 2 is 1.94 bits per heavy atom. The molecular weight excluding hydrogens is 294 g/mol. The van der Waals surface area contributed by atoms with Gasteiger partial charge in [-0.05, 0) is 24.6 Å². The molecule has 0 aliphatic heterocycles. The van der Waals surface area contributed by atoms with E-state index in [1.165, 1.54) is 0 Å². The quantitative estimate of drug-likeness (QED) is 0.864. The fraction of sp³-hybridized carbons (Fsp3) is 0.400. The standard InChI is InChI=1S/C10H14BrNO3S/c1-8(12-16(14,15)7-6-13)9-2-4-10(11)5-3-9/h2-5,8,12-13H,6-7H2,1H3. The maximum absolute atomic E-state index is 11.4. The highest BCUT2D eigenvalue weighted by Gasteiger charge is 2.14. The van der Waals surface area contributed by atoms with Crippen molar-refractivity contribution in [3.63, 3.8) is 0 Å². The van der Waals surface area contributed by atoms with Crippen molar-refractivity contribution in [2.24, 2.45) is 0 Å². The largest absolute Gasteiger partial charge is 0.395 e. The predicted molar refractivity (Wildman–Crippen MR) is 66.6 cm³/mol. The Bertz CT molecular complexity index is 430. The van der Waals surface area contributed by atoms with Gasteiger partial charge in [-0.2, -0.15) is 0 Å². The molecule has 0 spiro atoms. The lowest BCUT2D eigenvalue weighted by atomic mass is 10.1.